The van der Waals surface area contributed by atoms with E-state index in [9.17, 15) is 14.0 Å². The first-order valence-corrected chi connectivity index (χ1v) is 7.46. The lowest BCUT2D eigenvalue weighted by molar-refractivity contribution is -0.121. The second-order valence-corrected chi connectivity index (χ2v) is 5.60. The van der Waals surface area contributed by atoms with Crippen molar-refractivity contribution in [3.63, 3.8) is 0 Å². The van der Waals surface area contributed by atoms with Crippen molar-refractivity contribution in [3.8, 4) is 11.1 Å². The van der Waals surface area contributed by atoms with Gasteiger partial charge in [-0.05, 0) is 30.7 Å². The van der Waals surface area contributed by atoms with Crippen molar-refractivity contribution in [2.45, 2.75) is 19.4 Å². The molecule has 0 bridgehead atoms. The third kappa shape index (κ3) is 3.11. The van der Waals surface area contributed by atoms with Gasteiger partial charge in [-0.15, -0.1) is 0 Å². The molecule has 2 amide bonds. The standard InChI is InChI=1S/C17H17FN2O3/c1-11-8-16(21)19-5-6-20(11)17(22)15-9-13(18)2-3-14(15)12-4-7-23-10-12/h2-4,7,9-11H,5-6,8H2,1H3,(H,19,21). The smallest absolute Gasteiger partial charge is 0.254 e. The summed E-state index contributed by atoms with van der Waals surface area (Å²) in [6, 6.07) is 5.60. The van der Waals surface area contributed by atoms with Gasteiger partial charge in [-0.25, -0.2) is 4.39 Å². The van der Waals surface area contributed by atoms with Gasteiger partial charge in [0.15, 0.2) is 0 Å². The van der Waals surface area contributed by atoms with Crippen LogP contribution in [0.3, 0.4) is 0 Å². The molecule has 1 N–H and O–H groups in total. The largest absolute Gasteiger partial charge is 0.472 e. The zero-order chi connectivity index (χ0) is 16.4. The van der Waals surface area contributed by atoms with Gasteiger partial charge in [-0.3, -0.25) is 9.59 Å². The van der Waals surface area contributed by atoms with E-state index in [1.807, 2.05) is 6.92 Å². The Balaban J connectivity index is 1.98. The molecule has 0 radical (unpaired) electrons. The van der Waals surface area contributed by atoms with Crippen LogP contribution in [-0.2, 0) is 4.79 Å². The fraction of sp³-hybridized carbons (Fsp3) is 0.294. The molecule has 2 heterocycles. The van der Waals surface area contributed by atoms with E-state index in [-0.39, 0.29) is 29.8 Å². The fourth-order valence-corrected chi connectivity index (χ4v) is 2.81. The van der Waals surface area contributed by atoms with Crippen LogP contribution < -0.4 is 5.32 Å². The average molecular weight is 316 g/mol. The molecular weight excluding hydrogens is 299 g/mol. The molecule has 120 valence electrons. The van der Waals surface area contributed by atoms with Gasteiger partial charge in [-0.2, -0.15) is 0 Å². The Morgan fingerprint density at radius 2 is 2.22 bits per heavy atom. The molecule has 1 fully saturated rings. The summed E-state index contributed by atoms with van der Waals surface area (Å²) in [5.74, 6) is -0.843. The molecule has 0 spiro atoms. The van der Waals surface area contributed by atoms with Crippen molar-refractivity contribution >= 4 is 11.8 Å². The van der Waals surface area contributed by atoms with Gasteiger partial charge in [0.25, 0.3) is 5.91 Å². The SMILES string of the molecule is CC1CC(=O)NCCN1C(=O)c1cc(F)ccc1-c1ccoc1. The van der Waals surface area contributed by atoms with Crippen molar-refractivity contribution < 1.29 is 18.4 Å². The molecule has 23 heavy (non-hydrogen) atoms. The van der Waals surface area contributed by atoms with Gasteiger partial charge in [-0.1, -0.05) is 6.07 Å². The summed E-state index contributed by atoms with van der Waals surface area (Å²) >= 11 is 0. The normalized spacial score (nSPS) is 18.4. The molecule has 1 aromatic heterocycles. The molecule has 0 saturated carbocycles. The van der Waals surface area contributed by atoms with Crippen molar-refractivity contribution in [2.75, 3.05) is 13.1 Å². The van der Waals surface area contributed by atoms with Crippen LogP contribution in [0.4, 0.5) is 4.39 Å². The van der Waals surface area contributed by atoms with Gasteiger partial charge in [0, 0.05) is 31.1 Å². The van der Waals surface area contributed by atoms with E-state index in [0.29, 0.717) is 24.2 Å². The minimum Gasteiger partial charge on any atom is -0.472 e. The highest BCUT2D eigenvalue weighted by Gasteiger charge is 2.28. The third-order valence-electron chi connectivity index (χ3n) is 3.99. The van der Waals surface area contributed by atoms with Crippen LogP contribution >= 0.6 is 0 Å². The van der Waals surface area contributed by atoms with Crippen LogP contribution in [0.25, 0.3) is 11.1 Å². The Hall–Kier alpha value is -2.63. The van der Waals surface area contributed by atoms with E-state index in [0.717, 1.165) is 0 Å². The molecule has 6 heteroatoms. The predicted octanol–water partition coefficient (Wildman–Crippen LogP) is 2.44. The topological polar surface area (TPSA) is 62.6 Å². The third-order valence-corrected chi connectivity index (χ3v) is 3.99. The molecule has 1 unspecified atom stereocenters. The average Bonchev–Trinajstić information content (AvgIpc) is 2.99. The first-order valence-electron chi connectivity index (χ1n) is 7.46. The maximum absolute atomic E-state index is 13.7. The highest BCUT2D eigenvalue weighted by atomic mass is 19.1. The number of hydrogen-bond donors (Lipinski definition) is 1. The molecule has 5 nitrogen and oxygen atoms in total. The summed E-state index contributed by atoms with van der Waals surface area (Å²) < 4.78 is 18.8. The number of carbonyl (C=O) groups excluding carboxylic acids is 2. The number of nitrogens with zero attached hydrogens (tertiary/aromatic N) is 1. The first-order chi connectivity index (χ1) is 11.1. The van der Waals surface area contributed by atoms with Crippen molar-refractivity contribution in [2.24, 2.45) is 0 Å². The Kier molecular flexibility index (Phi) is 4.14. The van der Waals surface area contributed by atoms with Gasteiger partial charge in [0.05, 0.1) is 18.1 Å². The van der Waals surface area contributed by atoms with Gasteiger partial charge < -0.3 is 14.6 Å². The van der Waals surface area contributed by atoms with Crippen LogP contribution in [0, 0.1) is 5.82 Å². The Labute approximate surface area is 133 Å². The maximum Gasteiger partial charge on any atom is 0.254 e. The molecule has 1 saturated heterocycles. The van der Waals surface area contributed by atoms with Gasteiger partial charge in [0.1, 0.15) is 5.82 Å². The van der Waals surface area contributed by atoms with E-state index in [4.69, 9.17) is 4.42 Å². The van der Waals surface area contributed by atoms with Crippen LogP contribution in [0.15, 0.2) is 41.2 Å². The van der Waals surface area contributed by atoms with Crippen LogP contribution in [0.1, 0.15) is 23.7 Å². The predicted molar refractivity (Wildman–Crippen MR) is 82.2 cm³/mol. The second-order valence-electron chi connectivity index (χ2n) is 5.60. The molecule has 2 aromatic rings. The minimum atomic E-state index is -0.475. The highest BCUT2D eigenvalue weighted by Crippen LogP contribution is 2.27. The summed E-state index contributed by atoms with van der Waals surface area (Å²) in [6.45, 7) is 2.61. The highest BCUT2D eigenvalue weighted by molar-refractivity contribution is 6.01. The number of carbonyl (C=O) groups is 2. The zero-order valence-corrected chi connectivity index (χ0v) is 12.7. The van der Waals surface area contributed by atoms with E-state index in [2.05, 4.69) is 5.32 Å². The van der Waals surface area contributed by atoms with Crippen LogP contribution in [0.2, 0.25) is 0 Å². The quantitative estimate of drug-likeness (QED) is 0.925. The molecule has 1 aliphatic heterocycles. The van der Waals surface area contributed by atoms with Crippen molar-refractivity contribution in [1.29, 1.82) is 0 Å². The Morgan fingerprint density at radius 3 is 2.96 bits per heavy atom. The van der Waals surface area contributed by atoms with Crippen LogP contribution in [0.5, 0.6) is 0 Å². The molecule has 1 aliphatic rings. The summed E-state index contributed by atoms with van der Waals surface area (Å²) in [5.41, 5.74) is 1.60. The number of halogens is 1. The van der Waals surface area contributed by atoms with Gasteiger partial charge >= 0.3 is 0 Å². The number of nitrogens with one attached hydrogen (secondary N) is 1. The fourth-order valence-electron chi connectivity index (χ4n) is 2.81. The molecular formula is C17H17FN2O3. The second kappa shape index (κ2) is 6.24. The van der Waals surface area contributed by atoms with E-state index < -0.39 is 5.82 Å². The number of rotatable bonds is 2. The molecule has 3 rings (SSSR count). The summed E-state index contributed by atoms with van der Waals surface area (Å²) in [7, 11) is 0. The Morgan fingerprint density at radius 1 is 1.39 bits per heavy atom. The molecule has 1 atom stereocenters. The summed E-state index contributed by atoms with van der Waals surface area (Å²) in [4.78, 5) is 26.1. The first kappa shape index (κ1) is 15.3. The molecule has 1 aromatic carbocycles. The summed E-state index contributed by atoms with van der Waals surface area (Å²) in [5, 5.41) is 2.74. The monoisotopic (exact) mass is 316 g/mol. The van der Waals surface area contributed by atoms with E-state index in [1.54, 1.807) is 17.0 Å². The summed E-state index contributed by atoms with van der Waals surface area (Å²) in [6.07, 6.45) is 3.26. The number of furan rings is 1. The lowest BCUT2D eigenvalue weighted by atomic mass is 10.00. The van der Waals surface area contributed by atoms with Crippen molar-refractivity contribution in [3.05, 3.63) is 48.2 Å². The lowest BCUT2D eigenvalue weighted by Gasteiger charge is -2.27. The van der Waals surface area contributed by atoms with E-state index >= 15 is 0 Å². The molecule has 0 aliphatic carbocycles. The Bertz CT molecular complexity index is 727. The van der Waals surface area contributed by atoms with E-state index in [1.165, 1.54) is 24.7 Å². The van der Waals surface area contributed by atoms with Crippen molar-refractivity contribution in [1.82, 2.24) is 10.2 Å². The minimum absolute atomic E-state index is 0.0814. The number of benzene rings is 1. The van der Waals surface area contributed by atoms with Gasteiger partial charge in [0.2, 0.25) is 5.91 Å². The number of amides is 2. The van der Waals surface area contributed by atoms with Crippen LogP contribution in [-0.4, -0.2) is 35.8 Å². The number of hydrogen-bond acceptors (Lipinski definition) is 3. The lowest BCUT2D eigenvalue weighted by Crippen LogP contribution is -2.40. The zero-order valence-electron chi connectivity index (χ0n) is 12.7. The maximum atomic E-state index is 13.7.